The van der Waals surface area contributed by atoms with Crippen LogP contribution in [0.1, 0.15) is 20.3 Å². The highest BCUT2D eigenvalue weighted by Crippen LogP contribution is 2.16. The average molecular weight is 326 g/mol. The summed E-state index contributed by atoms with van der Waals surface area (Å²) in [5, 5.41) is 13.4. The van der Waals surface area contributed by atoms with Crippen LogP contribution in [0, 0.1) is 0 Å². The first-order valence-corrected chi connectivity index (χ1v) is 7.97. The Hall–Kier alpha value is -1.30. The highest BCUT2D eigenvalue weighted by Gasteiger charge is 2.23. The second-order valence-electron chi connectivity index (χ2n) is 6.37. The Bertz CT molecular complexity index is 516. The van der Waals surface area contributed by atoms with Gasteiger partial charge in [-0.15, -0.1) is 0 Å². The van der Waals surface area contributed by atoms with E-state index in [1.165, 1.54) is 0 Å². The lowest BCUT2D eigenvalue weighted by molar-refractivity contribution is 0.0378. The number of benzene rings is 1. The standard InChI is InChI=1S/C16H24ClN3O2/c1-16(2,22)12-19-7-4-8-20(10-9-19)15(21)18-14-6-3-5-13(17)11-14/h3,5-6,11,22H,4,7-10,12H2,1-2H3,(H,18,21). The number of carbonyl (C=O) groups excluding carboxylic acids is 1. The van der Waals surface area contributed by atoms with Gasteiger partial charge in [0.2, 0.25) is 0 Å². The SMILES string of the molecule is CC(C)(O)CN1CCCN(C(=O)Nc2cccc(Cl)c2)CC1. The van der Waals surface area contributed by atoms with Gasteiger partial charge in [-0.05, 0) is 38.5 Å². The minimum absolute atomic E-state index is 0.104. The number of anilines is 1. The van der Waals surface area contributed by atoms with Gasteiger partial charge in [0.1, 0.15) is 0 Å². The molecule has 5 nitrogen and oxygen atoms in total. The molecule has 1 saturated heterocycles. The van der Waals surface area contributed by atoms with E-state index in [1.54, 1.807) is 12.1 Å². The minimum atomic E-state index is -0.710. The van der Waals surface area contributed by atoms with Crippen molar-refractivity contribution in [2.24, 2.45) is 0 Å². The Balaban J connectivity index is 1.89. The molecular formula is C16H24ClN3O2. The zero-order chi connectivity index (χ0) is 16.2. The first kappa shape index (κ1) is 17.1. The zero-order valence-corrected chi connectivity index (χ0v) is 13.9. The van der Waals surface area contributed by atoms with Crippen LogP contribution in [-0.4, -0.2) is 59.3 Å². The number of hydrogen-bond acceptors (Lipinski definition) is 3. The highest BCUT2D eigenvalue weighted by atomic mass is 35.5. The van der Waals surface area contributed by atoms with E-state index in [0.29, 0.717) is 23.8 Å². The van der Waals surface area contributed by atoms with Crippen molar-refractivity contribution in [3.63, 3.8) is 0 Å². The quantitative estimate of drug-likeness (QED) is 0.898. The van der Waals surface area contributed by atoms with Crippen LogP contribution in [0.5, 0.6) is 0 Å². The van der Waals surface area contributed by atoms with Gasteiger partial charge in [-0.1, -0.05) is 17.7 Å². The lowest BCUT2D eigenvalue weighted by Crippen LogP contribution is -2.42. The average Bonchev–Trinajstić information content (AvgIpc) is 2.62. The molecule has 2 rings (SSSR count). The molecule has 0 radical (unpaired) electrons. The molecule has 0 aliphatic carbocycles. The summed E-state index contributed by atoms with van der Waals surface area (Å²) < 4.78 is 0. The van der Waals surface area contributed by atoms with Crippen molar-refractivity contribution in [3.05, 3.63) is 29.3 Å². The second-order valence-corrected chi connectivity index (χ2v) is 6.81. The fraction of sp³-hybridized carbons (Fsp3) is 0.562. The molecule has 1 aromatic rings. The number of halogens is 1. The molecule has 1 fully saturated rings. The van der Waals surface area contributed by atoms with Crippen LogP contribution in [0.2, 0.25) is 5.02 Å². The maximum Gasteiger partial charge on any atom is 0.321 e. The molecule has 2 amide bonds. The van der Waals surface area contributed by atoms with E-state index in [-0.39, 0.29) is 6.03 Å². The van der Waals surface area contributed by atoms with Gasteiger partial charge in [0.15, 0.2) is 0 Å². The van der Waals surface area contributed by atoms with Crippen molar-refractivity contribution in [2.45, 2.75) is 25.9 Å². The van der Waals surface area contributed by atoms with Crippen LogP contribution in [0.15, 0.2) is 24.3 Å². The first-order chi connectivity index (χ1) is 10.3. The van der Waals surface area contributed by atoms with Crippen molar-refractivity contribution in [2.75, 3.05) is 38.0 Å². The molecule has 1 heterocycles. The van der Waals surface area contributed by atoms with E-state index in [2.05, 4.69) is 10.2 Å². The van der Waals surface area contributed by atoms with Crippen LogP contribution in [0.25, 0.3) is 0 Å². The molecule has 6 heteroatoms. The molecule has 1 aliphatic heterocycles. The van der Waals surface area contributed by atoms with Gasteiger partial charge in [0.05, 0.1) is 5.60 Å². The summed E-state index contributed by atoms with van der Waals surface area (Å²) in [6, 6.07) is 7.04. The molecule has 0 bridgehead atoms. The lowest BCUT2D eigenvalue weighted by Gasteiger charge is -2.27. The number of nitrogens with zero attached hydrogens (tertiary/aromatic N) is 2. The summed E-state index contributed by atoms with van der Waals surface area (Å²) in [6.45, 7) is 7.27. The fourth-order valence-electron chi connectivity index (χ4n) is 2.65. The molecule has 122 valence electrons. The Morgan fingerprint density at radius 1 is 1.32 bits per heavy atom. The summed E-state index contributed by atoms with van der Waals surface area (Å²) in [5.41, 5.74) is -0.00631. The number of amides is 2. The van der Waals surface area contributed by atoms with Crippen LogP contribution in [0.3, 0.4) is 0 Å². The third-order valence-electron chi connectivity index (χ3n) is 3.56. The number of carbonyl (C=O) groups is 1. The molecule has 0 atom stereocenters. The Morgan fingerprint density at radius 2 is 2.09 bits per heavy atom. The van der Waals surface area contributed by atoms with Gasteiger partial charge in [0, 0.05) is 43.4 Å². The fourth-order valence-corrected chi connectivity index (χ4v) is 2.84. The van der Waals surface area contributed by atoms with E-state index in [9.17, 15) is 9.90 Å². The number of β-amino-alcohol motifs (C(OH)–C–C–N with tert-alkyl or cyclic N) is 1. The predicted molar refractivity (Wildman–Crippen MR) is 89.4 cm³/mol. The maximum atomic E-state index is 12.3. The van der Waals surface area contributed by atoms with E-state index in [4.69, 9.17) is 11.6 Å². The van der Waals surface area contributed by atoms with Gasteiger partial charge < -0.3 is 15.3 Å². The van der Waals surface area contributed by atoms with E-state index in [1.807, 2.05) is 30.9 Å². The maximum absolute atomic E-state index is 12.3. The third-order valence-corrected chi connectivity index (χ3v) is 3.80. The number of urea groups is 1. The number of hydrogen-bond donors (Lipinski definition) is 2. The molecule has 22 heavy (non-hydrogen) atoms. The van der Waals surface area contributed by atoms with Gasteiger partial charge >= 0.3 is 6.03 Å². The highest BCUT2D eigenvalue weighted by molar-refractivity contribution is 6.30. The van der Waals surface area contributed by atoms with Crippen molar-refractivity contribution >= 4 is 23.3 Å². The second kappa shape index (κ2) is 7.31. The molecule has 0 spiro atoms. The summed E-state index contributed by atoms with van der Waals surface area (Å²) in [7, 11) is 0. The molecular weight excluding hydrogens is 302 g/mol. The van der Waals surface area contributed by atoms with Crippen LogP contribution in [-0.2, 0) is 0 Å². The molecule has 0 aromatic heterocycles. The number of aliphatic hydroxyl groups is 1. The van der Waals surface area contributed by atoms with Crippen LogP contribution < -0.4 is 5.32 Å². The van der Waals surface area contributed by atoms with E-state index in [0.717, 1.165) is 26.1 Å². The van der Waals surface area contributed by atoms with Crippen molar-refractivity contribution in [3.8, 4) is 0 Å². The summed E-state index contributed by atoms with van der Waals surface area (Å²) in [4.78, 5) is 16.3. The first-order valence-electron chi connectivity index (χ1n) is 7.60. The topological polar surface area (TPSA) is 55.8 Å². The van der Waals surface area contributed by atoms with Gasteiger partial charge in [-0.3, -0.25) is 4.90 Å². The molecule has 1 aliphatic rings. The Kier molecular flexibility index (Phi) is 5.67. The van der Waals surface area contributed by atoms with Gasteiger partial charge in [0.25, 0.3) is 0 Å². The van der Waals surface area contributed by atoms with Crippen molar-refractivity contribution in [1.29, 1.82) is 0 Å². The monoisotopic (exact) mass is 325 g/mol. The zero-order valence-electron chi connectivity index (χ0n) is 13.2. The van der Waals surface area contributed by atoms with Gasteiger partial charge in [-0.2, -0.15) is 0 Å². The number of nitrogens with one attached hydrogen (secondary N) is 1. The summed E-state index contributed by atoms with van der Waals surface area (Å²) >= 11 is 5.93. The smallest absolute Gasteiger partial charge is 0.321 e. The largest absolute Gasteiger partial charge is 0.389 e. The van der Waals surface area contributed by atoms with Gasteiger partial charge in [-0.25, -0.2) is 4.79 Å². The predicted octanol–water partition coefficient (Wildman–Crippen LogP) is 2.65. The Morgan fingerprint density at radius 3 is 2.77 bits per heavy atom. The Labute approximate surface area is 136 Å². The van der Waals surface area contributed by atoms with Crippen molar-refractivity contribution in [1.82, 2.24) is 9.80 Å². The van der Waals surface area contributed by atoms with E-state index >= 15 is 0 Å². The lowest BCUT2D eigenvalue weighted by atomic mass is 10.1. The van der Waals surface area contributed by atoms with Crippen molar-refractivity contribution < 1.29 is 9.90 Å². The normalized spacial score (nSPS) is 17.2. The summed E-state index contributed by atoms with van der Waals surface area (Å²) in [5.74, 6) is 0. The molecule has 0 unspecified atom stereocenters. The minimum Gasteiger partial charge on any atom is -0.389 e. The summed E-state index contributed by atoms with van der Waals surface area (Å²) in [6.07, 6.45) is 0.902. The van der Waals surface area contributed by atoms with E-state index < -0.39 is 5.60 Å². The molecule has 0 saturated carbocycles. The third kappa shape index (κ3) is 5.48. The molecule has 1 aromatic carbocycles. The van der Waals surface area contributed by atoms with Crippen LogP contribution >= 0.6 is 11.6 Å². The van der Waals surface area contributed by atoms with Crippen LogP contribution in [0.4, 0.5) is 10.5 Å². The molecule has 2 N–H and O–H groups in total. The number of rotatable bonds is 3.